The number of fused-ring (bicyclic) bond motifs is 1. The van der Waals surface area contributed by atoms with Gasteiger partial charge in [-0.15, -0.1) is 0 Å². The van der Waals surface area contributed by atoms with Gasteiger partial charge in [0.1, 0.15) is 0 Å². The van der Waals surface area contributed by atoms with Gasteiger partial charge >= 0.3 is 5.97 Å². The quantitative estimate of drug-likeness (QED) is 0.515. The normalized spacial score (nSPS) is 18.9. The minimum absolute atomic E-state index is 0.0487. The second-order valence-corrected chi connectivity index (χ2v) is 9.78. The van der Waals surface area contributed by atoms with Crippen molar-refractivity contribution in [3.8, 4) is 11.1 Å². The molecule has 1 saturated carbocycles. The number of rotatable bonds is 5. The summed E-state index contributed by atoms with van der Waals surface area (Å²) in [6.07, 6.45) is 0.156. The fourth-order valence-electron chi connectivity index (χ4n) is 5.10. The van der Waals surface area contributed by atoms with Gasteiger partial charge in [-0.05, 0) is 48.1 Å². The molecule has 0 bridgehead atoms. The smallest absolute Gasteiger partial charge is 0.354 e. The number of carboxylic acids is 1. The van der Waals surface area contributed by atoms with Crippen LogP contribution in [0.5, 0.6) is 0 Å². The number of pyridine rings is 1. The van der Waals surface area contributed by atoms with E-state index in [0.29, 0.717) is 18.9 Å². The molecule has 35 heavy (non-hydrogen) atoms. The molecule has 0 amide bonds. The zero-order valence-electron chi connectivity index (χ0n) is 20.0. The van der Waals surface area contributed by atoms with Crippen LogP contribution >= 0.6 is 0 Å². The Morgan fingerprint density at radius 2 is 1.80 bits per heavy atom. The first kappa shape index (κ1) is 23.7. The van der Waals surface area contributed by atoms with E-state index < -0.39 is 11.9 Å². The van der Waals surface area contributed by atoms with Crippen LogP contribution in [0, 0.1) is 0 Å². The van der Waals surface area contributed by atoms with Crippen LogP contribution in [0.25, 0.3) is 22.2 Å². The van der Waals surface area contributed by atoms with E-state index in [0.717, 1.165) is 41.0 Å². The van der Waals surface area contributed by atoms with Crippen molar-refractivity contribution in [2.24, 2.45) is 0 Å². The van der Waals surface area contributed by atoms with Gasteiger partial charge in [0.15, 0.2) is 11.3 Å². The van der Waals surface area contributed by atoms with Gasteiger partial charge in [0, 0.05) is 31.6 Å². The number of ether oxygens (including phenoxy) is 1. The zero-order valence-corrected chi connectivity index (χ0v) is 20.0. The molecule has 1 saturated heterocycles. The predicted octanol–water partition coefficient (Wildman–Crippen LogP) is 5.51. The lowest BCUT2D eigenvalue weighted by molar-refractivity contribution is -0.0446. The van der Waals surface area contributed by atoms with Gasteiger partial charge in [-0.25, -0.2) is 23.2 Å². The summed E-state index contributed by atoms with van der Waals surface area (Å²) in [5.74, 6) is -3.74. The largest absolute Gasteiger partial charge is 0.477 e. The number of benzene rings is 1. The summed E-state index contributed by atoms with van der Waals surface area (Å²) < 4.78 is 34.8. The Morgan fingerprint density at radius 3 is 2.40 bits per heavy atom. The third kappa shape index (κ3) is 4.61. The number of carbonyl (C=O) groups is 1. The summed E-state index contributed by atoms with van der Waals surface area (Å²) in [4.78, 5) is 18.7. The minimum atomic E-state index is -2.66. The Kier molecular flexibility index (Phi) is 6.21. The van der Waals surface area contributed by atoms with E-state index in [-0.39, 0.29) is 43.3 Å². The van der Waals surface area contributed by atoms with E-state index in [1.807, 2.05) is 38.1 Å². The predicted molar refractivity (Wildman–Crippen MR) is 129 cm³/mol. The number of carboxylic acid groups (broad SMARTS) is 1. The molecule has 0 spiro atoms. The molecule has 3 heterocycles. The molecule has 2 aliphatic rings. The number of nitrogens with zero attached hydrogens (tertiary/aromatic N) is 4. The number of anilines is 1. The molecule has 2 fully saturated rings. The Bertz CT molecular complexity index is 1220. The lowest BCUT2D eigenvalue weighted by atomic mass is 9.92. The van der Waals surface area contributed by atoms with E-state index in [1.54, 1.807) is 10.7 Å². The van der Waals surface area contributed by atoms with Crippen LogP contribution < -0.4 is 4.90 Å². The molecular weight excluding hydrogens is 454 g/mol. The van der Waals surface area contributed by atoms with Crippen molar-refractivity contribution < 1.29 is 23.4 Å². The fraction of sp³-hybridized carbons (Fsp3) is 0.500. The van der Waals surface area contributed by atoms with Gasteiger partial charge < -0.3 is 14.7 Å². The van der Waals surface area contributed by atoms with Crippen LogP contribution in [0.3, 0.4) is 0 Å². The van der Waals surface area contributed by atoms with Gasteiger partial charge in [-0.1, -0.05) is 26.0 Å². The molecule has 1 N–H and O–H groups in total. The van der Waals surface area contributed by atoms with Gasteiger partial charge in [0.05, 0.1) is 30.3 Å². The average molecular weight is 485 g/mol. The van der Waals surface area contributed by atoms with Crippen molar-refractivity contribution in [2.45, 2.75) is 57.4 Å². The maximum atomic E-state index is 13.8. The Balaban J connectivity index is 1.63. The first-order chi connectivity index (χ1) is 16.7. The van der Waals surface area contributed by atoms with Crippen LogP contribution in [0.1, 0.15) is 67.7 Å². The van der Waals surface area contributed by atoms with E-state index in [9.17, 15) is 18.7 Å². The highest BCUT2D eigenvalue weighted by atomic mass is 19.3. The van der Waals surface area contributed by atoms with Crippen LogP contribution in [0.15, 0.2) is 30.3 Å². The molecule has 5 rings (SSSR count). The molecule has 0 radical (unpaired) electrons. The van der Waals surface area contributed by atoms with Crippen molar-refractivity contribution in [3.63, 3.8) is 0 Å². The van der Waals surface area contributed by atoms with Crippen LogP contribution in [-0.4, -0.2) is 58.1 Å². The van der Waals surface area contributed by atoms with Gasteiger partial charge in [-0.2, -0.15) is 5.10 Å². The van der Waals surface area contributed by atoms with Gasteiger partial charge in [0.2, 0.25) is 5.92 Å². The summed E-state index contributed by atoms with van der Waals surface area (Å²) in [6.45, 7) is 7.09. The third-order valence-electron chi connectivity index (χ3n) is 7.04. The van der Waals surface area contributed by atoms with Gasteiger partial charge in [0.25, 0.3) is 0 Å². The average Bonchev–Trinajstić information content (AvgIpc) is 3.24. The zero-order chi connectivity index (χ0) is 24.7. The molecule has 1 aliphatic heterocycles. The van der Waals surface area contributed by atoms with Crippen molar-refractivity contribution in [3.05, 3.63) is 41.7 Å². The highest BCUT2D eigenvalue weighted by molar-refractivity contribution is 6.00. The molecule has 186 valence electrons. The number of halogens is 2. The number of hydrogen-bond acceptors (Lipinski definition) is 5. The fourth-order valence-corrected chi connectivity index (χ4v) is 5.10. The van der Waals surface area contributed by atoms with Crippen LogP contribution in [0.4, 0.5) is 14.5 Å². The van der Waals surface area contributed by atoms with Crippen molar-refractivity contribution in [1.82, 2.24) is 14.8 Å². The summed E-state index contributed by atoms with van der Waals surface area (Å²) in [6, 6.07) is 9.42. The molecule has 2 aromatic heterocycles. The molecule has 9 heteroatoms. The molecule has 3 aromatic rings. The maximum absolute atomic E-state index is 13.8. The Labute approximate surface area is 202 Å². The molecule has 0 unspecified atom stereocenters. The number of aromatic nitrogens is 3. The lowest BCUT2D eigenvalue weighted by Gasteiger charge is -2.29. The summed E-state index contributed by atoms with van der Waals surface area (Å²) in [7, 11) is 0. The first-order valence-corrected chi connectivity index (χ1v) is 12.2. The van der Waals surface area contributed by atoms with E-state index in [2.05, 4.69) is 9.88 Å². The number of hydrogen-bond donors (Lipinski definition) is 1. The van der Waals surface area contributed by atoms with E-state index in [4.69, 9.17) is 9.84 Å². The molecular formula is C26H30F2N4O3. The van der Waals surface area contributed by atoms with Crippen LogP contribution in [-0.2, 0) is 4.74 Å². The topological polar surface area (TPSA) is 80.5 Å². The number of alkyl halides is 2. The second kappa shape index (κ2) is 9.18. The van der Waals surface area contributed by atoms with E-state index in [1.165, 1.54) is 0 Å². The highest BCUT2D eigenvalue weighted by Crippen LogP contribution is 2.42. The molecule has 0 atom stereocenters. The molecule has 7 nitrogen and oxygen atoms in total. The number of morpholine rings is 1. The Hall–Kier alpha value is -3.07. The van der Waals surface area contributed by atoms with Crippen molar-refractivity contribution in [1.29, 1.82) is 0 Å². The number of aromatic carboxylic acids is 1. The monoisotopic (exact) mass is 484 g/mol. The summed E-state index contributed by atoms with van der Waals surface area (Å²) in [5, 5.41) is 15.4. The summed E-state index contributed by atoms with van der Waals surface area (Å²) in [5.41, 5.74) is 3.88. The first-order valence-electron chi connectivity index (χ1n) is 12.2. The molecule has 1 aliphatic carbocycles. The van der Waals surface area contributed by atoms with Crippen molar-refractivity contribution in [2.75, 3.05) is 31.2 Å². The highest BCUT2D eigenvalue weighted by Gasteiger charge is 2.37. The van der Waals surface area contributed by atoms with E-state index >= 15 is 0 Å². The van der Waals surface area contributed by atoms with Gasteiger partial charge in [-0.3, -0.25) is 0 Å². The van der Waals surface area contributed by atoms with Crippen molar-refractivity contribution >= 4 is 22.7 Å². The SMILES string of the molecule is CC(C)c1nn(C2CCC(F)(F)CC2)c2nc(C(=O)O)cc(-c3ccc(N4CCOCC4)cc3)c12. The second-order valence-electron chi connectivity index (χ2n) is 9.78. The van der Waals surface area contributed by atoms with Crippen LogP contribution in [0.2, 0.25) is 0 Å². The standard InChI is InChI=1S/C26H30F2N4O3/c1-16(2)23-22-20(17-3-5-18(6-4-17)31-11-13-35-14-12-31)15-21(25(33)34)29-24(22)32(30-23)19-7-9-26(27,28)10-8-19/h3-6,15-16,19H,7-14H2,1-2H3,(H,33,34). The third-order valence-corrected chi connectivity index (χ3v) is 7.04. The summed E-state index contributed by atoms with van der Waals surface area (Å²) >= 11 is 0. The molecule has 1 aromatic carbocycles. The Morgan fingerprint density at radius 1 is 1.14 bits per heavy atom. The lowest BCUT2D eigenvalue weighted by Crippen LogP contribution is -2.36. The maximum Gasteiger partial charge on any atom is 0.354 e. The minimum Gasteiger partial charge on any atom is -0.477 e.